The maximum atomic E-state index is 4.85. The molecule has 5 rings (SSSR count). The second-order valence-electron chi connectivity index (χ2n) is 7.82. The van der Waals surface area contributed by atoms with Gasteiger partial charge in [0.05, 0.1) is 5.69 Å². The number of hydrogen-bond donors (Lipinski definition) is 1. The average Bonchev–Trinajstić information content (AvgIpc) is 3.54. The lowest BCUT2D eigenvalue weighted by Crippen LogP contribution is -2.06. The quantitative estimate of drug-likeness (QED) is 0.382. The molecule has 0 radical (unpaired) electrons. The van der Waals surface area contributed by atoms with Crippen LogP contribution in [0.5, 0.6) is 0 Å². The number of aryl methyl sites for hydroxylation is 1. The van der Waals surface area contributed by atoms with Gasteiger partial charge >= 0.3 is 0 Å². The van der Waals surface area contributed by atoms with Gasteiger partial charge in [-0.1, -0.05) is 74.0 Å². The van der Waals surface area contributed by atoms with Gasteiger partial charge in [0.25, 0.3) is 0 Å². The Balaban J connectivity index is 1.42. The van der Waals surface area contributed by atoms with Crippen molar-refractivity contribution < 1.29 is 0 Å². The first kappa shape index (κ1) is 20.7. The Kier molecular flexibility index (Phi) is 5.97. The van der Waals surface area contributed by atoms with Crippen LogP contribution in [0.4, 0.5) is 0 Å². The first-order chi connectivity index (χ1) is 16.3. The zero-order valence-corrected chi connectivity index (χ0v) is 18.4. The predicted octanol–water partition coefficient (Wildman–Crippen LogP) is 4.58. The summed E-state index contributed by atoms with van der Waals surface area (Å²) in [5.41, 5.74) is 4.86. The van der Waals surface area contributed by atoms with Gasteiger partial charge in [-0.05, 0) is 28.5 Å². The molecule has 2 aromatic carbocycles. The van der Waals surface area contributed by atoms with E-state index in [0.717, 1.165) is 59.0 Å². The highest BCUT2D eigenvalue weighted by atomic mass is 15.5. The van der Waals surface area contributed by atoms with E-state index >= 15 is 0 Å². The highest BCUT2D eigenvalue weighted by Crippen LogP contribution is 2.28. The van der Waals surface area contributed by atoms with E-state index in [9.17, 15) is 0 Å². The molecule has 0 spiro atoms. The van der Waals surface area contributed by atoms with E-state index in [1.54, 1.807) is 0 Å². The van der Waals surface area contributed by atoms with Gasteiger partial charge in [0.15, 0.2) is 11.6 Å². The number of nitrogens with one attached hydrogen (secondary N) is 1. The molecular weight excluding hydrogens is 412 g/mol. The Morgan fingerprint density at radius 1 is 0.909 bits per heavy atom. The third-order valence-electron chi connectivity index (χ3n) is 5.49. The van der Waals surface area contributed by atoms with Crippen LogP contribution in [-0.4, -0.2) is 40.4 Å². The summed E-state index contributed by atoms with van der Waals surface area (Å²) < 4.78 is 2.03. The number of hydrogen-bond acceptors (Lipinski definition) is 6. The van der Waals surface area contributed by atoms with E-state index in [2.05, 4.69) is 33.6 Å². The molecule has 8 heteroatoms. The molecular formula is C25H24N8. The zero-order valence-electron chi connectivity index (χ0n) is 18.4. The molecule has 33 heavy (non-hydrogen) atoms. The van der Waals surface area contributed by atoms with Gasteiger partial charge in [-0.3, -0.25) is 4.98 Å². The van der Waals surface area contributed by atoms with E-state index in [-0.39, 0.29) is 0 Å². The normalized spacial score (nSPS) is 11.1. The smallest absolute Gasteiger partial charge is 0.181 e. The number of tetrazole rings is 1. The van der Waals surface area contributed by atoms with Crippen LogP contribution in [0, 0.1) is 0 Å². The summed E-state index contributed by atoms with van der Waals surface area (Å²) in [6, 6.07) is 22.2. The van der Waals surface area contributed by atoms with Crippen molar-refractivity contribution in [3.05, 3.63) is 84.3 Å². The minimum atomic E-state index is 0.619. The number of H-pyrrole nitrogens is 1. The van der Waals surface area contributed by atoms with Crippen LogP contribution in [0.3, 0.4) is 0 Å². The number of benzene rings is 2. The predicted molar refractivity (Wildman–Crippen MR) is 126 cm³/mol. The number of rotatable bonds is 8. The standard InChI is InChI=1S/C25H24N8/c1-2-3-15-33-23(27-24(30-33)19-9-5-4-6-10-19)16-18-13-14-22(26-17-18)20-11-7-8-12-21(20)25-28-31-32-29-25/h4-14,17H,2-3,15-16H2,1H3,(H,28,29,31,32). The number of nitrogens with zero attached hydrogens (tertiary/aromatic N) is 7. The molecule has 164 valence electrons. The Hall–Kier alpha value is -4.20. The summed E-state index contributed by atoms with van der Waals surface area (Å²) in [5, 5.41) is 19.0. The molecule has 0 saturated carbocycles. The molecule has 0 aliphatic rings. The Morgan fingerprint density at radius 2 is 1.73 bits per heavy atom. The zero-order chi connectivity index (χ0) is 22.5. The third kappa shape index (κ3) is 4.55. The van der Waals surface area contributed by atoms with Crippen LogP contribution in [0.25, 0.3) is 34.0 Å². The van der Waals surface area contributed by atoms with Gasteiger partial charge < -0.3 is 0 Å². The van der Waals surface area contributed by atoms with Crippen LogP contribution < -0.4 is 0 Å². The Bertz CT molecular complexity index is 1310. The van der Waals surface area contributed by atoms with Crippen molar-refractivity contribution in [1.29, 1.82) is 0 Å². The number of unbranched alkanes of at least 4 members (excludes halogenated alkanes) is 1. The largest absolute Gasteiger partial charge is 0.256 e. The lowest BCUT2D eigenvalue weighted by Gasteiger charge is -2.08. The van der Waals surface area contributed by atoms with Crippen molar-refractivity contribution in [2.75, 3.05) is 0 Å². The number of aromatic amines is 1. The molecule has 8 nitrogen and oxygen atoms in total. The molecule has 5 aromatic rings. The molecule has 0 atom stereocenters. The maximum Gasteiger partial charge on any atom is 0.181 e. The third-order valence-corrected chi connectivity index (χ3v) is 5.49. The monoisotopic (exact) mass is 436 g/mol. The fourth-order valence-electron chi connectivity index (χ4n) is 3.76. The molecule has 0 aliphatic heterocycles. The van der Waals surface area contributed by atoms with Gasteiger partial charge in [-0.25, -0.2) is 14.8 Å². The molecule has 0 bridgehead atoms. The fourth-order valence-corrected chi connectivity index (χ4v) is 3.76. The molecule has 3 aromatic heterocycles. The first-order valence-electron chi connectivity index (χ1n) is 11.1. The van der Waals surface area contributed by atoms with Crippen molar-refractivity contribution >= 4 is 0 Å². The van der Waals surface area contributed by atoms with Crippen molar-refractivity contribution in [3.8, 4) is 34.0 Å². The molecule has 0 saturated heterocycles. The molecule has 0 unspecified atom stereocenters. The van der Waals surface area contributed by atoms with E-state index in [4.69, 9.17) is 15.1 Å². The average molecular weight is 437 g/mol. The number of pyridine rings is 1. The lowest BCUT2D eigenvalue weighted by atomic mass is 10.0. The van der Waals surface area contributed by atoms with Crippen molar-refractivity contribution in [1.82, 2.24) is 40.4 Å². The Labute approximate surface area is 191 Å². The van der Waals surface area contributed by atoms with Gasteiger partial charge in [0.2, 0.25) is 0 Å². The van der Waals surface area contributed by atoms with Crippen LogP contribution in [0.2, 0.25) is 0 Å². The molecule has 0 fully saturated rings. The first-order valence-corrected chi connectivity index (χ1v) is 11.1. The van der Waals surface area contributed by atoms with E-state index < -0.39 is 0 Å². The maximum absolute atomic E-state index is 4.85. The molecule has 0 aliphatic carbocycles. The summed E-state index contributed by atoms with van der Waals surface area (Å²) in [4.78, 5) is 9.59. The van der Waals surface area contributed by atoms with Gasteiger partial charge in [0.1, 0.15) is 5.82 Å². The summed E-state index contributed by atoms with van der Waals surface area (Å²) in [6.07, 6.45) is 4.75. The summed E-state index contributed by atoms with van der Waals surface area (Å²) in [5.74, 6) is 2.33. The second kappa shape index (κ2) is 9.52. The highest BCUT2D eigenvalue weighted by Gasteiger charge is 2.14. The van der Waals surface area contributed by atoms with Gasteiger partial charge in [-0.2, -0.15) is 5.10 Å². The van der Waals surface area contributed by atoms with E-state index in [1.807, 2.05) is 71.5 Å². The highest BCUT2D eigenvalue weighted by molar-refractivity contribution is 5.78. The minimum Gasteiger partial charge on any atom is -0.256 e. The van der Waals surface area contributed by atoms with E-state index in [1.165, 1.54) is 0 Å². The lowest BCUT2D eigenvalue weighted by molar-refractivity contribution is 0.550. The van der Waals surface area contributed by atoms with Crippen LogP contribution in [0.15, 0.2) is 72.9 Å². The van der Waals surface area contributed by atoms with E-state index in [0.29, 0.717) is 12.2 Å². The summed E-state index contributed by atoms with van der Waals surface area (Å²) >= 11 is 0. The van der Waals surface area contributed by atoms with Crippen molar-refractivity contribution in [2.24, 2.45) is 0 Å². The summed E-state index contributed by atoms with van der Waals surface area (Å²) in [6.45, 7) is 3.04. The fraction of sp³-hybridized carbons (Fsp3) is 0.200. The summed E-state index contributed by atoms with van der Waals surface area (Å²) in [7, 11) is 0. The molecule has 1 N–H and O–H groups in total. The minimum absolute atomic E-state index is 0.619. The second-order valence-corrected chi connectivity index (χ2v) is 7.82. The number of aromatic nitrogens is 8. The SMILES string of the molecule is CCCCn1nc(-c2ccccc2)nc1Cc1ccc(-c2ccccc2-c2nnn[nH]2)nc1. The van der Waals surface area contributed by atoms with Crippen LogP contribution in [0.1, 0.15) is 31.2 Å². The van der Waals surface area contributed by atoms with Crippen LogP contribution >= 0.6 is 0 Å². The van der Waals surface area contributed by atoms with Gasteiger partial charge in [-0.15, -0.1) is 5.10 Å². The molecule has 0 amide bonds. The molecule has 3 heterocycles. The topological polar surface area (TPSA) is 98.1 Å². The van der Waals surface area contributed by atoms with Gasteiger partial charge in [0, 0.05) is 35.9 Å². The van der Waals surface area contributed by atoms with Crippen molar-refractivity contribution in [3.63, 3.8) is 0 Å². The van der Waals surface area contributed by atoms with Crippen molar-refractivity contribution in [2.45, 2.75) is 32.7 Å². The van der Waals surface area contributed by atoms with Crippen LogP contribution in [-0.2, 0) is 13.0 Å². The Morgan fingerprint density at radius 3 is 2.45 bits per heavy atom.